The normalized spacial score (nSPS) is 12.2. The summed E-state index contributed by atoms with van der Waals surface area (Å²) in [6.45, 7) is 11.2. The maximum absolute atomic E-state index is 13.1. The highest BCUT2D eigenvalue weighted by Gasteiger charge is 2.21. The van der Waals surface area contributed by atoms with Gasteiger partial charge in [-0.15, -0.1) is 10.2 Å². The van der Waals surface area contributed by atoms with Crippen LogP contribution in [0.1, 0.15) is 58.0 Å². The third-order valence-electron chi connectivity index (χ3n) is 4.98. The van der Waals surface area contributed by atoms with E-state index in [4.69, 9.17) is 4.74 Å². The van der Waals surface area contributed by atoms with Gasteiger partial charge in [-0.2, -0.15) is 0 Å². The van der Waals surface area contributed by atoms with E-state index in [-0.39, 0.29) is 23.6 Å². The van der Waals surface area contributed by atoms with Crippen molar-refractivity contribution in [2.75, 3.05) is 11.1 Å². The van der Waals surface area contributed by atoms with Crippen molar-refractivity contribution < 1.29 is 13.9 Å². The second-order valence-electron chi connectivity index (χ2n) is 8.67. The van der Waals surface area contributed by atoms with E-state index in [1.54, 1.807) is 0 Å². The quantitative estimate of drug-likeness (QED) is 0.364. The number of anilines is 1. The molecule has 0 spiro atoms. The lowest BCUT2D eigenvalue weighted by Gasteiger charge is -2.18. The number of amides is 1. The monoisotopic (exact) mass is 470 g/mol. The van der Waals surface area contributed by atoms with Crippen molar-refractivity contribution in [2.45, 2.75) is 58.3 Å². The van der Waals surface area contributed by atoms with Crippen LogP contribution in [-0.2, 0) is 11.3 Å². The van der Waals surface area contributed by atoms with E-state index in [1.807, 2.05) is 23.6 Å². The van der Waals surface area contributed by atoms with Crippen molar-refractivity contribution in [3.63, 3.8) is 0 Å². The molecule has 6 nitrogen and oxygen atoms in total. The number of ether oxygens (including phenoxy) is 1. The van der Waals surface area contributed by atoms with Gasteiger partial charge in [0.25, 0.3) is 0 Å². The van der Waals surface area contributed by atoms with Crippen molar-refractivity contribution in [1.29, 1.82) is 0 Å². The number of thioether (sulfide) groups is 1. The fourth-order valence-corrected chi connectivity index (χ4v) is 4.05. The van der Waals surface area contributed by atoms with Crippen molar-refractivity contribution >= 4 is 23.4 Å². The van der Waals surface area contributed by atoms with Crippen molar-refractivity contribution in [3.05, 3.63) is 65.7 Å². The van der Waals surface area contributed by atoms with Crippen molar-refractivity contribution in [2.24, 2.45) is 5.92 Å². The smallest absolute Gasteiger partial charge is 0.234 e. The van der Waals surface area contributed by atoms with Crippen LogP contribution in [0.15, 0.2) is 53.7 Å². The highest BCUT2D eigenvalue weighted by atomic mass is 32.2. The molecular weight excluding hydrogens is 439 g/mol. The Labute approximate surface area is 199 Å². The average molecular weight is 471 g/mol. The zero-order valence-corrected chi connectivity index (χ0v) is 20.5. The molecule has 1 unspecified atom stereocenters. The molecule has 1 aromatic heterocycles. The fourth-order valence-electron chi connectivity index (χ4n) is 3.29. The maximum Gasteiger partial charge on any atom is 0.234 e. The third-order valence-corrected chi connectivity index (χ3v) is 5.94. The Morgan fingerprint density at radius 2 is 1.70 bits per heavy atom. The van der Waals surface area contributed by atoms with Gasteiger partial charge in [-0.25, -0.2) is 4.39 Å². The van der Waals surface area contributed by atoms with E-state index < -0.39 is 0 Å². The van der Waals surface area contributed by atoms with Gasteiger partial charge in [-0.1, -0.05) is 51.6 Å². The van der Waals surface area contributed by atoms with Gasteiger partial charge >= 0.3 is 0 Å². The SMILES string of the molecule is CC(C)Cn1c(SCC(=O)Nc2ccc(F)cc2)nnc1C(C)Oc1ccc(C(C)C)cc1. The van der Waals surface area contributed by atoms with E-state index in [1.165, 1.54) is 41.6 Å². The summed E-state index contributed by atoms with van der Waals surface area (Å²) in [6, 6.07) is 13.8. The number of rotatable bonds is 10. The summed E-state index contributed by atoms with van der Waals surface area (Å²) >= 11 is 1.32. The van der Waals surface area contributed by atoms with E-state index in [0.717, 1.165) is 11.6 Å². The molecule has 33 heavy (non-hydrogen) atoms. The number of carbonyl (C=O) groups is 1. The third kappa shape index (κ3) is 7.05. The van der Waals surface area contributed by atoms with Crippen LogP contribution in [0.3, 0.4) is 0 Å². The molecule has 0 saturated carbocycles. The molecule has 3 aromatic rings. The Kier molecular flexibility index (Phi) is 8.49. The van der Waals surface area contributed by atoms with Crippen LogP contribution in [-0.4, -0.2) is 26.4 Å². The molecule has 1 N–H and O–H groups in total. The van der Waals surface area contributed by atoms with Crippen LogP contribution < -0.4 is 10.1 Å². The zero-order valence-electron chi connectivity index (χ0n) is 19.7. The number of nitrogens with zero attached hydrogens (tertiary/aromatic N) is 3. The molecule has 1 heterocycles. The zero-order chi connectivity index (χ0) is 24.0. The molecule has 3 rings (SSSR count). The summed E-state index contributed by atoms with van der Waals surface area (Å²) in [5.74, 6) is 1.96. The predicted octanol–water partition coefficient (Wildman–Crippen LogP) is 6.07. The molecule has 176 valence electrons. The molecule has 2 aromatic carbocycles. The number of halogens is 1. The Hall–Kier alpha value is -2.87. The number of hydrogen-bond donors (Lipinski definition) is 1. The molecule has 0 bridgehead atoms. The first-order valence-electron chi connectivity index (χ1n) is 11.1. The predicted molar refractivity (Wildman–Crippen MR) is 130 cm³/mol. The van der Waals surface area contributed by atoms with Gasteiger partial charge in [0.1, 0.15) is 11.6 Å². The lowest BCUT2D eigenvalue weighted by Crippen LogP contribution is -2.17. The summed E-state index contributed by atoms with van der Waals surface area (Å²) in [4.78, 5) is 12.4. The summed E-state index contributed by atoms with van der Waals surface area (Å²) in [6.07, 6.45) is -0.302. The molecule has 8 heteroatoms. The first-order chi connectivity index (χ1) is 15.7. The maximum atomic E-state index is 13.1. The molecular formula is C25H31FN4O2S. The van der Waals surface area contributed by atoms with Crippen LogP contribution in [0.2, 0.25) is 0 Å². The van der Waals surface area contributed by atoms with Gasteiger partial charge < -0.3 is 14.6 Å². The summed E-state index contributed by atoms with van der Waals surface area (Å²) in [5.41, 5.74) is 1.81. The van der Waals surface area contributed by atoms with E-state index in [9.17, 15) is 9.18 Å². The standard InChI is InChI=1S/C25H31FN4O2S/c1-16(2)14-30-24(18(5)32-22-12-6-19(7-13-22)17(3)4)28-29-25(30)33-15-23(31)27-21-10-8-20(26)9-11-21/h6-13,16-18H,14-15H2,1-5H3,(H,27,31). The molecule has 0 aliphatic carbocycles. The minimum Gasteiger partial charge on any atom is -0.483 e. The Morgan fingerprint density at radius 1 is 1.03 bits per heavy atom. The van der Waals surface area contributed by atoms with Gasteiger partial charge in [0.05, 0.1) is 5.75 Å². The lowest BCUT2D eigenvalue weighted by molar-refractivity contribution is -0.113. The molecule has 0 aliphatic rings. The average Bonchev–Trinajstić information content (AvgIpc) is 3.16. The number of carbonyl (C=O) groups excluding carboxylic acids is 1. The van der Waals surface area contributed by atoms with Gasteiger partial charge in [0.15, 0.2) is 17.1 Å². The molecule has 0 fully saturated rings. The Bertz CT molecular complexity index is 1050. The Balaban J connectivity index is 1.68. The largest absolute Gasteiger partial charge is 0.483 e. The number of aromatic nitrogens is 3. The molecule has 1 atom stereocenters. The topological polar surface area (TPSA) is 69.0 Å². The van der Waals surface area contributed by atoms with Gasteiger partial charge in [0, 0.05) is 12.2 Å². The van der Waals surface area contributed by atoms with E-state index in [2.05, 4.69) is 55.3 Å². The lowest BCUT2D eigenvalue weighted by atomic mass is 10.0. The second-order valence-corrected chi connectivity index (χ2v) is 9.62. The van der Waals surface area contributed by atoms with Crippen LogP contribution in [0, 0.1) is 11.7 Å². The van der Waals surface area contributed by atoms with Crippen LogP contribution >= 0.6 is 11.8 Å². The first kappa shape index (κ1) is 24.8. The number of nitrogens with one attached hydrogen (secondary N) is 1. The molecule has 1 amide bonds. The molecule has 0 radical (unpaired) electrons. The Morgan fingerprint density at radius 3 is 2.30 bits per heavy atom. The summed E-state index contributed by atoms with van der Waals surface area (Å²) < 4.78 is 21.2. The summed E-state index contributed by atoms with van der Waals surface area (Å²) in [7, 11) is 0. The minimum absolute atomic E-state index is 0.166. The number of hydrogen-bond acceptors (Lipinski definition) is 5. The van der Waals surface area contributed by atoms with Crippen molar-refractivity contribution in [1.82, 2.24) is 14.8 Å². The molecule has 0 saturated heterocycles. The fraction of sp³-hybridized carbons (Fsp3) is 0.400. The van der Waals surface area contributed by atoms with Crippen LogP contribution in [0.4, 0.5) is 10.1 Å². The van der Waals surface area contributed by atoms with Gasteiger partial charge in [-0.3, -0.25) is 4.79 Å². The van der Waals surface area contributed by atoms with E-state index in [0.29, 0.717) is 29.2 Å². The highest BCUT2D eigenvalue weighted by Crippen LogP contribution is 2.27. The first-order valence-corrected chi connectivity index (χ1v) is 12.1. The van der Waals surface area contributed by atoms with Crippen LogP contribution in [0.25, 0.3) is 0 Å². The minimum atomic E-state index is -0.344. The van der Waals surface area contributed by atoms with Crippen LogP contribution in [0.5, 0.6) is 5.75 Å². The number of benzene rings is 2. The van der Waals surface area contributed by atoms with Gasteiger partial charge in [-0.05, 0) is 60.7 Å². The molecule has 0 aliphatic heterocycles. The van der Waals surface area contributed by atoms with Gasteiger partial charge in [0.2, 0.25) is 5.91 Å². The van der Waals surface area contributed by atoms with E-state index >= 15 is 0 Å². The highest BCUT2D eigenvalue weighted by molar-refractivity contribution is 7.99. The van der Waals surface area contributed by atoms with Crippen molar-refractivity contribution in [3.8, 4) is 5.75 Å². The second kappa shape index (κ2) is 11.3. The summed E-state index contributed by atoms with van der Waals surface area (Å²) in [5, 5.41) is 12.1.